The summed E-state index contributed by atoms with van der Waals surface area (Å²) >= 11 is 0. The van der Waals surface area contributed by atoms with Gasteiger partial charge in [0.15, 0.2) is 17.2 Å². The number of aromatic amines is 1. The highest BCUT2D eigenvalue weighted by molar-refractivity contribution is 7.54. The first-order chi connectivity index (χ1) is 15.2. The molecular formula is C19H29N4O9P. The molecule has 2 aromatic rings. The third-order valence-electron chi connectivity index (χ3n) is 6.11. The molecule has 4 unspecified atom stereocenters. The maximum Gasteiger partial charge on any atom is 0.359 e. The number of H-pyrrole nitrogens is 1. The fourth-order valence-electron chi connectivity index (χ4n) is 3.50. The van der Waals surface area contributed by atoms with Gasteiger partial charge in [0.1, 0.15) is 17.7 Å². The molecule has 0 bridgehead atoms. The van der Waals surface area contributed by atoms with Crippen LogP contribution in [0.4, 0.5) is 0 Å². The maximum absolute atomic E-state index is 12.7. The summed E-state index contributed by atoms with van der Waals surface area (Å²) in [7, 11) is -4.48. The second-order valence-corrected chi connectivity index (χ2v) is 10.8. The van der Waals surface area contributed by atoms with Gasteiger partial charge in [-0.15, -0.1) is 0 Å². The Balaban J connectivity index is 1.87. The van der Waals surface area contributed by atoms with E-state index < -0.39 is 54.3 Å². The molecule has 14 heteroatoms. The van der Waals surface area contributed by atoms with E-state index in [-0.39, 0.29) is 30.4 Å². The largest absolute Gasteiger partial charge is 0.388 e. The normalized spacial score (nSPS) is 28.8. The summed E-state index contributed by atoms with van der Waals surface area (Å²) in [6.07, 6.45) is -3.08. The number of hydrogen-bond donors (Lipinski definition) is 5. The maximum atomic E-state index is 12.7. The molecule has 3 heterocycles. The van der Waals surface area contributed by atoms with Crippen LogP contribution in [0.2, 0.25) is 0 Å². The van der Waals surface area contributed by atoms with Crippen LogP contribution < -0.4 is 11.2 Å². The number of ether oxygens (including phenoxy) is 1. The average molecular weight is 488 g/mol. The number of aliphatic hydroxyl groups excluding tert-OH is 2. The van der Waals surface area contributed by atoms with Crippen LogP contribution in [-0.4, -0.2) is 69.0 Å². The van der Waals surface area contributed by atoms with Crippen molar-refractivity contribution in [3.8, 4) is 0 Å². The van der Waals surface area contributed by atoms with Gasteiger partial charge in [-0.25, -0.2) is 9.78 Å². The predicted octanol–water partition coefficient (Wildman–Crippen LogP) is -0.0217. The van der Waals surface area contributed by atoms with E-state index in [9.17, 15) is 34.4 Å². The standard InChI is InChI=1S/C19H29N4O9P/c1-5-18(3,32-33(29,30)19(4,28)6-2)7-11-13(25)14(26)16(31-11)23-9-10-15(22-17(23)27)21-12(24)8-20-10/h8-9,11,13-14,16,25-26,28H,5-7H2,1-4H3,(H,29,30)(H,21,22,24,27)/t11-,13?,14+,16-,18?,19?/m1/s1. The van der Waals surface area contributed by atoms with E-state index in [2.05, 4.69) is 15.0 Å². The highest BCUT2D eigenvalue weighted by Crippen LogP contribution is 2.59. The molecule has 0 saturated carbocycles. The minimum atomic E-state index is -4.48. The molecule has 0 amide bonds. The fourth-order valence-corrected chi connectivity index (χ4v) is 4.90. The molecular weight excluding hydrogens is 459 g/mol. The zero-order chi connectivity index (χ0) is 24.8. The second kappa shape index (κ2) is 8.99. The van der Waals surface area contributed by atoms with E-state index in [1.165, 1.54) is 20.0 Å². The van der Waals surface area contributed by atoms with E-state index in [1.807, 2.05) is 0 Å². The third-order valence-corrected chi connectivity index (χ3v) is 8.33. The molecule has 3 rings (SSSR count). The van der Waals surface area contributed by atoms with Gasteiger partial charge < -0.3 is 34.5 Å². The summed E-state index contributed by atoms with van der Waals surface area (Å²) in [6, 6.07) is 0. The van der Waals surface area contributed by atoms with Crippen molar-refractivity contribution in [2.75, 3.05) is 0 Å². The summed E-state index contributed by atoms with van der Waals surface area (Å²) in [5, 5.41) is 29.4. The van der Waals surface area contributed by atoms with E-state index in [4.69, 9.17) is 9.26 Å². The summed E-state index contributed by atoms with van der Waals surface area (Å²) in [5.41, 5.74) is -2.58. The van der Waals surface area contributed by atoms with Crippen LogP contribution >= 0.6 is 7.60 Å². The zero-order valence-electron chi connectivity index (χ0n) is 18.7. The van der Waals surface area contributed by atoms with E-state index in [0.29, 0.717) is 0 Å². The Morgan fingerprint density at radius 2 is 1.91 bits per heavy atom. The lowest BCUT2D eigenvalue weighted by atomic mass is 9.93. The molecule has 0 radical (unpaired) electrons. The molecule has 2 aromatic heterocycles. The van der Waals surface area contributed by atoms with Gasteiger partial charge in [0.2, 0.25) is 0 Å². The van der Waals surface area contributed by atoms with Crippen molar-refractivity contribution in [2.45, 2.75) is 82.4 Å². The van der Waals surface area contributed by atoms with E-state index in [1.54, 1.807) is 13.8 Å². The number of hydrogen-bond acceptors (Lipinski definition) is 10. The molecule has 7 atom stereocenters. The monoisotopic (exact) mass is 488 g/mol. The lowest BCUT2D eigenvalue weighted by molar-refractivity contribution is -0.0713. The molecule has 0 aliphatic carbocycles. The Morgan fingerprint density at radius 1 is 1.24 bits per heavy atom. The van der Waals surface area contributed by atoms with Crippen LogP contribution in [-0.2, 0) is 13.8 Å². The highest BCUT2D eigenvalue weighted by atomic mass is 31.2. The van der Waals surface area contributed by atoms with Crippen LogP contribution in [0.1, 0.15) is 53.2 Å². The molecule has 1 fully saturated rings. The molecule has 5 N–H and O–H groups in total. The van der Waals surface area contributed by atoms with Crippen molar-refractivity contribution in [3.63, 3.8) is 0 Å². The summed E-state index contributed by atoms with van der Waals surface area (Å²) in [5.74, 6) is 0. The Morgan fingerprint density at radius 3 is 2.52 bits per heavy atom. The van der Waals surface area contributed by atoms with E-state index in [0.717, 1.165) is 10.8 Å². The highest BCUT2D eigenvalue weighted by Gasteiger charge is 2.50. The SMILES string of the molecule is CCC(C)(C[C@H]1O[C@@H](n2cc3ncc(=O)[nH]c3nc2=O)[C@@H](O)C1O)OP(=O)(O)C(C)(O)CC. The van der Waals surface area contributed by atoms with Gasteiger partial charge in [-0.1, -0.05) is 13.8 Å². The molecule has 1 aliphatic rings. The summed E-state index contributed by atoms with van der Waals surface area (Å²) < 4.78 is 24.9. The van der Waals surface area contributed by atoms with Crippen molar-refractivity contribution in [3.05, 3.63) is 33.2 Å². The first-order valence-corrected chi connectivity index (χ1v) is 12.1. The van der Waals surface area contributed by atoms with Crippen molar-refractivity contribution >= 4 is 18.8 Å². The van der Waals surface area contributed by atoms with Crippen LogP contribution in [0.3, 0.4) is 0 Å². The molecule has 33 heavy (non-hydrogen) atoms. The Hall–Kier alpha value is -1.99. The number of nitrogens with zero attached hydrogens (tertiary/aromatic N) is 3. The Kier molecular flexibility index (Phi) is 6.98. The molecule has 0 spiro atoms. The van der Waals surface area contributed by atoms with Crippen molar-refractivity contribution in [2.24, 2.45) is 0 Å². The van der Waals surface area contributed by atoms with Crippen LogP contribution in [0.5, 0.6) is 0 Å². The Bertz CT molecular complexity index is 1180. The quantitative estimate of drug-likeness (QED) is 0.313. The lowest BCUT2D eigenvalue weighted by Gasteiger charge is -2.37. The first-order valence-electron chi connectivity index (χ1n) is 10.5. The summed E-state index contributed by atoms with van der Waals surface area (Å²) in [4.78, 5) is 44.2. The van der Waals surface area contributed by atoms with Crippen LogP contribution in [0, 0.1) is 0 Å². The minimum Gasteiger partial charge on any atom is -0.388 e. The van der Waals surface area contributed by atoms with Gasteiger partial charge in [0, 0.05) is 12.6 Å². The van der Waals surface area contributed by atoms with Gasteiger partial charge >= 0.3 is 13.3 Å². The predicted molar refractivity (Wildman–Crippen MR) is 115 cm³/mol. The summed E-state index contributed by atoms with van der Waals surface area (Å²) in [6.45, 7) is 5.96. The smallest absolute Gasteiger partial charge is 0.359 e. The lowest BCUT2D eigenvalue weighted by Crippen LogP contribution is -2.40. The van der Waals surface area contributed by atoms with Gasteiger partial charge in [0.25, 0.3) is 5.56 Å². The first kappa shape index (κ1) is 25.6. The molecule has 0 aromatic carbocycles. The molecule has 1 saturated heterocycles. The number of aromatic nitrogens is 4. The Labute approximate surface area is 188 Å². The molecule has 1 aliphatic heterocycles. The topological polar surface area (TPSA) is 197 Å². The second-order valence-electron chi connectivity index (χ2n) is 8.65. The molecule has 13 nitrogen and oxygen atoms in total. The number of nitrogens with one attached hydrogen (secondary N) is 1. The van der Waals surface area contributed by atoms with Gasteiger partial charge in [0.05, 0.1) is 17.9 Å². The minimum absolute atomic E-state index is 0.0267. The number of fused-ring (bicyclic) bond motifs is 1. The number of rotatable bonds is 8. The van der Waals surface area contributed by atoms with Gasteiger partial charge in [-0.2, -0.15) is 4.98 Å². The van der Waals surface area contributed by atoms with E-state index >= 15 is 0 Å². The number of aliphatic hydroxyl groups is 3. The van der Waals surface area contributed by atoms with Crippen molar-refractivity contribution in [1.82, 2.24) is 19.5 Å². The van der Waals surface area contributed by atoms with Gasteiger partial charge in [-0.3, -0.25) is 13.9 Å². The fraction of sp³-hybridized carbons (Fsp3) is 0.684. The van der Waals surface area contributed by atoms with Crippen molar-refractivity contribution < 1.29 is 34.0 Å². The van der Waals surface area contributed by atoms with Crippen LogP contribution in [0.15, 0.2) is 22.0 Å². The van der Waals surface area contributed by atoms with Gasteiger partial charge in [-0.05, 0) is 26.7 Å². The molecule has 184 valence electrons. The van der Waals surface area contributed by atoms with Crippen molar-refractivity contribution in [1.29, 1.82) is 0 Å². The zero-order valence-corrected chi connectivity index (χ0v) is 19.6. The van der Waals surface area contributed by atoms with Crippen LogP contribution in [0.25, 0.3) is 11.2 Å². The third kappa shape index (κ3) is 4.94. The average Bonchev–Trinajstić information content (AvgIpc) is 3.00.